The average Bonchev–Trinajstić information content (AvgIpc) is 3.25. The highest BCUT2D eigenvalue weighted by Crippen LogP contribution is 2.37. The molecule has 0 spiro atoms. The summed E-state index contributed by atoms with van der Waals surface area (Å²) in [6, 6.07) is 5.89. The van der Waals surface area contributed by atoms with E-state index in [1.54, 1.807) is 37.4 Å². The maximum absolute atomic E-state index is 10.9. The lowest BCUT2D eigenvalue weighted by Crippen LogP contribution is -2.31. The number of benzene rings is 1. The third kappa shape index (κ3) is 4.93. The molecule has 0 aliphatic heterocycles. The monoisotopic (exact) mass is 422 g/mol. The van der Waals surface area contributed by atoms with E-state index in [9.17, 15) is 4.79 Å². The van der Waals surface area contributed by atoms with Crippen LogP contribution in [0.15, 0.2) is 35.0 Å². The average molecular weight is 423 g/mol. The summed E-state index contributed by atoms with van der Waals surface area (Å²) in [6.45, 7) is 5.62. The summed E-state index contributed by atoms with van der Waals surface area (Å²) in [5.41, 5.74) is 5.69. The first kappa shape index (κ1) is 20.0. The summed E-state index contributed by atoms with van der Waals surface area (Å²) in [5.74, 6) is 1.62. The van der Waals surface area contributed by atoms with Gasteiger partial charge in [0.15, 0.2) is 5.76 Å². The van der Waals surface area contributed by atoms with Crippen molar-refractivity contribution < 1.29 is 18.8 Å². The molecule has 1 atom stereocenters. The van der Waals surface area contributed by atoms with Crippen LogP contribution in [0.2, 0.25) is 5.02 Å². The van der Waals surface area contributed by atoms with Gasteiger partial charge in [-0.25, -0.2) is 9.78 Å². The number of thiazole rings is 1. The van der Waals surface area contributed by atoms with E-state index < -0.39 is 12.1 Å². The van der Waals surface area contributed by atoms with Crippen molar-refractivity contribution in [3.63, 3.8) is 0 Å². The van der Waals surface area contributed by atoms with Crippen LogP contribution in [-0.4, -0.2) is 22.3 Å². The van der Waals surface area contributed by atoms with Crippen molar-refractivity contribution in [3.05, 3.63) is 41.2 Å². The lowest BCUT2D eigenvalue weighted by Gasteiger charge is -2.11. The summed E-state index contributed by atoms with van der Waals surface area (Å²) in [7, 11) is 0. The molecule has 3 rings (SSSR count). The van der Waals surface area contributed by atoms with E-state index in [0.29, 0.717) is 33.2 Å². The fourth-order valence-corrected chi connectivity index (χ4v) is 3.26. The van der Waals surface area contributed by atoms with Crippen LogP contribution < -0.4 is 20.5 Å². The molecule has 2 aromatic heterocycles. The van der Waals surface area contributed by atoms with E-state index >= 15 is 0 Å². The number of hydrogen-bond acceptors (Lipinski definition) is 7. The zero-order chi connectivity index (χ0) is 20.3. The minimum atomic E-state index is -0.638. The molecular weight excluding hydrogens is 404 g/mol. The van der Waals surface area contributed by atoms with Gasteiger partial charge < -0.3 is 25.0 Å². The van der Waals surface area contributed by atoms with Crippen LogP contribution in [0.3, 0.4) is 0 Å². The number of amides is 2. The minimum Gasteiger partial charge on any atom is -0.491 e. The van der Waals surface area contributed by atoms with E-state index in [2.05, 4.69) is 15.5 Å². The first-order valence-electron chi connectivity index (χ1n) is 8.44. The Morgan fingerprint density at radius 2 is 2.11 bits per heavy atom. The molecular formula is C18H19ClN4O4S. The van der Waals surface area contributed by atoms with Crippen LogP contribution >= 0.6 is 22.9 Å². The highest BCUT2D eigenvalue weighted by atomic mass is 35.5. The second-order valence-corrected chi connectivity index (χ2v) is 7.60. The number of primary amides is 1. The first-order valence-corrected chi connectivity index (χ1v) is 9.64. The van der Waals surface area contributed by atoms with Crippen molar-refractivity contribution in [1.82, 2.24) is 15.5 Å². The molecule has 148 valence electrons. The zero-order valence-electron chi connectivity index (χ0n) is 15.4. The van der Waals surface area contributed by atoms with Gasteiger partial charge >= 0.3 is 6.03 Å². The van der Waals surface area contributed by atoms with Crippen molar-refractivity contribution in [2.24, 2.45) is 5.73 Å². The number of carbonyl (C=O) groups is 1. The van der Waals surface area contributed by atoms with Crippen LogP contribution in [0.5, 0.6) is 16.7 Å². The quantitative estimate of drug-likeness (QED) is 0.567. The number of urea groups is 1. The topological polar surface area (TPSA) is 112 Å². The Balaban J connectivity index is 1.71. The molecule has 1 aromatic carbocycles. The molecule has 1 unspecified atom stereocenters. The molecule has 3 N–H and O–H groups in total. The number of carbonyl (C=O) groups excluding carboxylic acids is 1. The van der Waals surface area contributed by atoms with Crippen molar-refractivity contribution in [1.29, 1.82) is 0 Å². The first-order chi connectivity index (χ1) is 13.3. The second-order valence-electron chi connectivity index (χ2n) is 6.20. The number of nitrogens with one attached hydrogen (secondary N) is 1. The van der Waals surface area contributed by atoms with Gasteiger partial charge in [-0.05, 0) is 32.9 Å². The Morgan fingerprint density at radius 1 is 1.32 bits per heavy atom. The highest BCUT2D eigenvalue weighted by molar-refractivity contribution is 7.16. The summed E-state index contributed by atoms with van der Waals surface area (Å²) < 4.78 is 16.6. The maximum atomic E-state index is 10.9. The molecule has 3 aromatic rings. The van der Waals surface area contributed by atoms with Gasteiger partial charge in [0, 0.05) is 12.1 Å². The molecule has 0 saturated carbocycles. The number of halogens is 1. The Morgan fingerprint density at radius 3 is 2.79 bits per heavy atom. The van der Waals surface area contributed by atoms with Crippen LogP contribution in [0, 0.1) is 0 Å². The number of rotatable bonds is 7. The van der Waals surface area contributed by atoms with E-state index in [-0.39, 0.29) is 6.10 Å². The summed E-state index contributed by atoms with van der Waals surface area (Å²) >= 11 is 7.55. The van der Waals surface area contributed by atoms with Gasteiger partial charge in [-0.2, -0.15) is 0 Å². The fourth-order valence-electron chi connectivity index (χ4n) is 2.32. The molecule has 2 heterocycles. The van der Waals surface area contributed by atoms with Gasteiger partial charge in [-0.3, -0.25) is 0 Å². The van der Waals surface area contributed by atoms with Crippen molar-refractivity contribution in [2.45, 2.75) is 32.9 Å². The molecule has 28 heavy (non-hydrogen) atoms. The van der Waals surface area contributed by atoms with Gasteiger partial charge in [-0.15, -0.1) is 0 Å². The number of ether oxygens (including phenoxy) is 2. The van der Waals surface area contributed by atoms with Crippen molar-refractivity contribution >= 4 is 29.0 Å². The third-order valence-electron chi connectivity index (χ3n) is 3.52. The molecule has 8 nitrogen and oxygen atoms in total. The fraction of sp³-hybridized carbons (Fsp3) is 0.278. The van der Waals surface area contributed by atoms with E-state index in [1.807, 2.05) is 13.8 Å². The summed E-state index contributed by atoms with van der Waals surface area (Å²) in [5, 5.41) is 7.35. The largest absolute Gasteiger partial charge is 0.491 e. The predicted octanol–water partition coefficient (Wildman–Crippen LogP) is 4.76. The highest BCUT2D eigenvalue weighted by Gasteiger charge is 2.17. The molecule has 0 radical (unpaired) electrons. The van der Waals surface area contributed by atoms with Crippen LogP contribution in [0.4, 0.5) is 4.79 Å². The van der Waals surface area contributed by atoms with Crippen molar-refractivity contribution in [3.8, 4) is 27.3 Å². The van der Waals surface area contributed by atoms with Gasteiger partial charge in [0.1, 0.15) is 17.2 Å². The predicted molar refractivity (Wildman–Crippen MR) is 106 cm³/mol. The lowest BCUT2D eigenvalue weighted by molar-refractivity contribution is 0.242. The number of nitrogens with zero attached hydrogens (tertiary/aromatic N) is 2. The smallest absolute Gasteiger partial charge is 0.312 e. The molecule has 0 fully saturated rings. The molecule has 2 amide bonds. The Kier molecular flexibility index (Phi) is 6.05. The molecule has 0 saturated heterocycles. The minimum absolute atomic E-state index is 0.0533. The molecule has 0 aliphatic rings. The summed E-state index contributed by atoms with van der Waals surface area (Å²) in [6.07, 6.45) is 1.68. The van der Waals surface area contributed by atoms with Gasteiger partial charge in [0.05, 0.1) is 28.2 Å². The number of hydrogen-bond donors (Lipinski definition) is 2. The van der Waals surface area contributed by atoms with Crippen LogP contribution in [0.25, 0.3) is 10.6 Å². The van der Waals surface area contributed by atoms with Crippen molar-refractivity contribution in [2.75, 3.05) is 0 Å². The van der Waals surface area contributed by atoms with Crippen LogP contribution in [-0.2, 0) is 0 Å². The van der Waals surface area contributed by atoms with Gasteiger partial charge in [-0.1, -0.05) is 28.1 Å². The van der Waals surface area contributed by atoms with Gasteiger partial charge in [0.25, 0.3) is 5.19 Å². The molecule has 10 heteroatoms. The van der Waals surface area contributed by atoms with E-state index in [0.717, 1.165) is 4.88 Å². The number of nitrogens with two attached hydrogens (primary N) is 1. The third-order valence-corrected chi connectivity index (χ3v) is 4.72. The lowest BCUT2D eigenvalue weighted by atomic mass is 10.2. The summed E-state index contributed by atoms with van der Waals surface area (Å²) in [4.78, 5) is 15.9. The van der Waals surface area contributed by atoms with Gasteiger partial charge in [0.2, 0.25) is 0 Å². The number of aromatic nitrogens is 2. The SMILES string of the molecule is CC(C)Oc1ccc(Oc2ncc(-c3cc(C(C)NC(N)=O)on3)s2)c(Cl)c1. The van der Waals surface area contributed by atoms with E-state index in [1.165, 1.54) is 11.3 Å². The Bertz CT molecular complexity index is 972. The zero-order valence-corrected chi connectivity index (χ0v) is 17.0. The van der Waals surface area contributed by atoms with Crippen LogP contribution in [0.1, 0.15) is 32.6 Å². The normalized spacial score (nSPS) is 12.0. The maximum Gasteiger partial charge on any atom is 0.312 e. The Labute approximate surface area is 170 Å². The Hall–Kier alpha value is -2.78. The molecule has 0 aliphatic carbocycles. The molecule has 0 bridgehead atoms. The second kappa shape index (κ2) is 8.49. The standard InChI is InChI=1S/C18H19ClN4O4S/c1-9(2)25-11-4-5-14(12(19)6-11)26-18-21-8-16(28-18)13-7-15(27-23-13)10(3)22-17(20)24/h4-10H,1-3H3,(H3,20,22,24). The van der Waals surface area contributed by atoms with E-state index in [4.69, 9.17) is 31.3 Å².